The molecule has 7 nitrogen and oxygen atoms in total. The summed E-state index contributed by atoms with van der Waals surface area (Å²) in [5, 5.41) is 4.92. The molecule has 1 aromatic carbocycles. The molecule has 1 saturated heterocycles. The smallest absolute Gasteiger partial charge is 0.410 e. The van der Waals surface area contributed by atoms with Gasteiger partial charge in [0.2, 0.25) is 0 Å². The molecular formula is C17H21N3O4. The largest absolute Gasteiger partial charge is 0.444 e. The Hall–Kier alpha value is -2.57. The highest BCUT2D eigenvalue weighted by molar-refractivity contribution is 5.99. The summed E-state index contributed by atoms with van der Waals surface area (Å²) in [6, 6.07) is 5.39. The molecule has 128 valence electrons. The Balaban J connectivity index is 1.71. The van der Waals surface area contributed by atoms with Gasteiger partial charge >= 0.3 is 6.09 Å². The minimum atomic E-state index is -0.498. The maximum Gasteiger partial charge on any atom is 0.410 e. The van der Waals surface area contributed by atoms with E-state index < -0.39 is 5.60 Å². The van der Waals surface area contributed by atoms with Gasteiger partial charge in [-0.3, -0.25) is 4.79 Å². The van der Waals surface area contributed by atoms with Crippen LogP contribution in [0.25, 0.3) is 11.0 Å². The van der Waals surface area contributed by atoms with Crippen molar-refractivity contribution in [1.82, 2.24) is 10.1 Å². The Labute approximate surface area is 140 Å². The fourth-order valence-corrected chi connectivity index (χ4v) is 2.72. The standard InChI is InChI=1S/C17H21N3O4/c1-17(2,3)23-16(22)20-9-7-19(8-10-20)15-13-6-4-5-12(11-21)14(13)24-18-15/h4-6,11H,7-10H2,1-3H3. The number of piperazine rings is 1. The molecule has 2 heterocycles. The van der Waals surface area contributed by atoms with Gasteiger partial charge in [0.15, 0.2) is 17.7 Å². The third-order valence-electron chi connectivity index (χ3n) is 3.87. The van der Waals surface area contributed by atoms with E-state index >= 15 is 0 Å². The molecule has 1 amide bonds. The average molecular weight is 331 g/mol. The molecule has 0 unspecified atom stereocenters. The summed E-state index contributed by atoms with van der Waals surface area (Å²) >= 11 is 0. The lowest BCUT2D eigenvalue weighted by Crippen LogP contribution is -2.50. The molecule has 7 heteroatoms. The fourth-order valence-electron chi connectivity index (χ4n) is 2.72. The molecule has 1 aliphatic heterocycles. The highest BCUT2D eigenvalue weighted by Gasteiger charge is 2.27. The molecule has 1 aliphatic rings. The summed E-state index contributed by atoms with van der Waals surface area (Å²) in [6.07, 6.45) is 0.466. The van der Waals surface area contributed by atoms with Gasteiger partial charge in [-0.1, -0.05) is 11.2 Å². The number of hydrogen-bond acceptors (Lipinski definition) is 6. The number of aldehydes is 1. The Morgan fingerprint density at radius 2 is 1.96 bits per heavy atom. The van der Waals surface area contributed by atoms with E-state index in [1.807, 2.05) is 32.9 Å². The van der Waals surface area contributed by atoms with Crippen LogP contribution in [0.3, 0.4) is 0 Å². The highest BCUT2D eigenvalue weighted by atomic mass is 16.6. The maximum atomic E-state index is 12.1. The van der Waals surface area contributed by atoms with Crippen molar-refractivity contribution in [3.05, 3.63) is 23.8 Å². The second kappa shape index (κ2) is 6.14. The number of amides is 1. The van der Waals surface area contributed by atoms with E-state index in [4.69, 9.17) is 9.26 Å². The zero-order chi connectivity index (χ0) is 17.3. The molecular weight excluding hydrogens is 310 g/mol. The molecule has 24 heavy (non-hydrogen) atoms. The first-order valence-corrected chi connectivity index (χ1v) is 7.95. The number of benzene rings is 1. The monoisotopic (exact) mass is 331 g/mol. The normalized spacial score (nSPS) is 15.6. The number of carbonyl (C=O) groups is 2. The summed E-state index contributed by atoms with van der Waals surface area (Å²) in [5.74, 6) is 0.706. The molecule has 0 atom stereocenters. The predicted octanol–water partition coefficient (Wildman–Crippen LogP) is 2.70. The van der Waals surface area contributed by atoms with Gasteiger partial charge in [0, 0.05) is 26.2 Å². The SMILES string of the molecule is CC(C)(C)OC(=O)N1CCN(c2noc3c(C=O)cccc23)CC1. The number of para-hydroxylation sites is 1. The Kier molecular flexibility index (Phi) is 4.17. The third-order valence-corrected chi connectivity index (χ3v) is 3.87. The number of anilines is 1. The average Bonchev–Trinajstić information content (AvgIpc) is 2.97. The summed E-state index contributed by atoms with van der Waals surface area (Å²) in [6.45, 7) is 7.93. The van der Waals surface area contributed by atoms with Crippen molar-refractivity contribution in [3.63, 3.8) is 0 Å². The fraction of sp³-hybridized carbons (Fsp3) is 0.471. The maximum absolute atomic E-state index is 12.1. The van der Waals surface area contributed by atoms with Crippen LogP contribution in [0.1, 0.15) is 31.1 Å². The van der Waals surface area contributed by atoms with E-state index in [-0.39, 0.29) is 6.09 Å². The number of nitrogens with zero attached hydrogens (tertiary/aromatic N) is 3. The Morgan fingerprint density at radius 1 is 1.25 bits per heavy atom. The van der Waals surface area contributed by atoms with Gasteiger partial charge in [0.1, 0.15) is 5.60 Å². The number of carbonyl (C=O) groups excluding carboxylic acids is 2. The van der Waals surface area contributed by atoms with Crippen molar-refractivity contribution in [2.24, 2.45) is 0 Å². The molecule has 0 bridgehead atoms. The van der Waals surface area contributed by atoms with Crippen LogP contribution in [0.15, 0.2) is 22.7 Å². The van der Waals surface area contributed by atoms with Crippen molar-refractivity contribution in [2.75, 3.05) is 31.1 Å². The first kappa shape index (κ1) is 16.3. The predicted molar refractivity (Wildman–Crippen MR) is 89.4 cm³/mol. The van der Waals surface area contributed by atoms with E-state index in [0.717, 1.165) is 11.7 Å². The number of fused-ring (bicyclic) bond motifs is 1. The van der Waals surface area contributed by atoms with Gasteiger partial charge in [0.05, 0.1) is 10.9 Å². The lowest BCUT2D eigenvalue weighted by Gasteiger charge is -2.35. The van der Waals surface area contributed by atoms with Crippen LogP contribution in [0.4, 0.5) is 10.6 Å². The van der Waals surface area contributed by atoms with Gasteiger partial charge in [-0.25, -0.2) is 4.79 Å². The molecule has 2 aromatic rings. The number of hydrogen-bond donors (Lipinski definition) is 0. The molecule has 0 aliphatic carbocycles. The van der Waals surface area contributed by atoms with Crippen molar-refractivity contribution >= 4 is 29.2 Å². The summed E-state index contributed by atoms with van der Waals surface area (Å²) in [5.41, 5.74) is 0.484. The van der Waals surface area contributed by atoms with E-state index in [9.17, 15) is 9.59 Å². The molecule has 0 N–H and O–H groups in total. The second-order valence-corrected chi connectivity index (χ2v) is 6.80. The third kappa shape index (κ3) is 3.20. The molecule has 0 radical (unpaired) electrons. The van der Waals surface area contributed by atoms with Gasteiger partial charge in [-0.2, -0.15) is 0 Å². The van der Waals surface area contributed by atoms with E-state index in [0.29, 0.717) is 43.1 Å². The van der Waals surface area contributed by atoms with Gasteiger partial charge < -0.3 is 19.1 Å². The van der Waals surface area contributed by atoms with Crippen LogP contribution < -0.4 is 4.90 Å². The van der Waals surface area contributed by atoms with Crippen LogP contribution >= 0.6 is 0 Å². The molecule has 1 aromatic heterocycles. The van der Waals surface area contributed by atoms with Crippen LogP contribution in [0.2, 0.25) is 0 Å². The van der Waals surface area contributed by atoms with Gasteiger partial charge in [-0.05, 0) is 32.9 Å². The van der Waals surface area contributed by atoms with Gasteiger partial charge in [-0.15, -0.1) is 0 Å². The van der Waals surface area contributed by atoms with Crippen molar-refractivity contribution < 1.29 is 18.8 Å². The number of rotatable bonds is 2. The number of ether oxygens (including phenoxy) is 1. The lowest BCUT2D eigenvalue weighted by molar-refractivity contribution is 0.0240. The topological polar surface area (TPSA) is 75.9 Å². The lowest BCUT2D eigenvalue weighted by atomic mass is 10.1. The summed E-state index contributed by atoms with van der Waals surface area (Å²) < 4.78 is 10.7. The van der Waals surface area contributed by atoms with Crippen LogP contribution in [-0.2, 0) is 4.74 Å². The highest BCUT2D eigenvalue weighted by Crippen LogP contribution is 2.28. The molecule has 0 spiro atoms. The summed E-state index contributed by atoms with van der Waals surface area (Å²) in [4.78, 5) is 26.9. The van der Waals surface area contributed by atoms with E-state index in [1.165, 1.54) is 0 Å². The van der Waals surface area contributed by atoms with Crippen LogP contribution in [0.5, 0.6) is 0 Å². The minimum Gasteiger partial charge on any atom is -0.444 e. The van der Waals surface area contributed by atoms with Crippen molar-refractivity contribution in [3.8, 4) is 0 Å². The Morgan fingerprint density at radius 3 is 2.58 bits per heavy atom. The zero-order valence-corrected chi connectivity index (χ0v) is 14.1. The van der Waals surface area contributed by atoms with Crippen molar-refractivity contribution in [2.45, 2.75) is 26.4 Å². The minimum absolute atomic E-state index is 0.296. The Bertz CT molecular complexity index is 755. The van der Waals surface area contributed by atoms with Crippen LogP contribution in [0, 0.1) is 0 Å². The van der Waals surface area contributed by atoms with Crippen LogP contribution in [-0.4, -0.2) is 54.2 Å². The first-order valence-electron chi connectivity index (χ1n) is 7.95. The molecule has 0 saturated carbocycles. The molecule has 1 fully saturated rings. The summed E-state index contributed by atoms with van der Waals surface area (Å²) in [7, 11) is 0. The van der Waals surface area contributed by atoms with Gasteiger partial charge in [0.25, 0.3) is 0 Å². The zero-order valence-electron chi connectivity index (χ0n) is 14.1. The first-order chi connectivity index (χ1) is 11.4. The van der Waals surface area contributed by atoms with E-state index in [1.54, 1.807) is 11.0 Å². The second-order valence-electron chi connectivity index (χ2n) is 6.80. The molecule has 3 rings (SSSR count). The quantitative estimate of drug-likeness (QED) is 0.788. The number of aromatic nitrogens is 1. The van der Waals surface area contributed by atoms with Crippen molar-refractivity contribution in [1.29, 1.82) is 0 Å². The van der Waals surface area contributed by atoms with E-state index in [2.05, 4.69) is 10.1 Å².